The van der Waals surface area contributed by atoms with Crippen LogP contribution in [0.4, 0.5) is 4.79 Å². The Morgan fingerprint density at radius 3 is 2.36 bits per heavy atom. The lowest BCUT2D eigenvalue weighted by Crippen LogP contribution is -2.63. The zero-order chi connectivity index (χ0) is 19.9. The number of nitrogens with zero attached hydrogens (tertiary/aromatic N) is 2. The molecule has 1 aromatic rings. The van der Waals surface area contributed by atoms with Crippen molar-refractivity contribution >= 4 is 36.0 Å². The van der Waals surface area contributed by atoms with Gasteiger partial charge >= 0.3 is 6.09 Å². The maximum absolute atomic E-state index is 12.0. The van der Waals surface area contributed by atoms with E-state index in [-0.39, 0.29) is 36.1 Å². The maximum atomic E-state index is 12.0. The van der Waals surface area contributed by atoms with Crippen molar-refractivity contribution in [3.05, 3.63) is 35.4 Å². The van der Waals surface area contributed by atoms with Crippen molar-refractivity contribution in [3.8, 4) is 0 Å². The fourth-order valence-electron chi connectivity index (χ4n) is 2.64. The van der Waals surface area contributed by atoms with Crippen molar-refractivity contribution in [2.24, 2.45) is 4.99 Å². The molecular formula is C20H33IN4O3. The predicted octanol–water partition coefficient (Wildman–Crippen LogP) is 3.13. The quantitative estimate of drug-likeness (QED) is 0.354. The van der Waals surface area contributed by atoms with Gasteiger partial charge in [-0.15, -0.1) is 24.0 Å². The molecule has 0 aromatic heterocycles. The van der Waals surface area contributed by atoms with E-state index < -0.39 is 5.60 Å². The molecule has 2 N–H and O–H groups in total. The monoisotopic (exact) mass is 504 g/mol. The first kappa shape index (κ1) is 24.5. The second kappa shape index (κ2) is 11.5. The summed E-state index contributed by atoms with van der Waals surface area (Å²) in [4.78, 5) is 18.3. The summed E-state index contributed by atoms with van der Waals surface area (Å²) in [6, 6.07) is 8.42. The molecule has 1 heterocycles. The van der Waals surface area contributed by atoms with E-state index in [1.807, 2.05) is 27.7 Å². The van der Waals surface area contributed by atoms with Crippen molar-refractivity contribution in [3.63, 3.8) is 0 Å². The molecule has 1 fully saturated rings. The van der Waals surface area contributed by atoms with Crippen LogP contribution in [0.5, 0.6) is 0 Å². The van der Waals surface area contributed by atoms with E-state index in [0.717, 1.165) is 23.6 Å². The Bertz CT molecular complexity index is 638. The molecule has 0 radical (unpaired) electrons. The van der Waals surface area contributed by atoms with Crippen LogP contribution in [0, 0.1) is 0 Å². The van der Waals surface area contributed by atoms with Crippen molar-refractivity contribution in [1.29, 1.82) is 0 Å². The molecule has 28 heavy (non-hydrogen) atoms. The number of carbonyl (C=O) groups is 1. The van der Waals surface area contributed by atoms with Crippen molar-refractivity contribution in [1.82, 2.24) is 15.5 Å². The predicted molar refractivity (Wildman–Crippen MR) is 122 cm³/mol. The van der Waals surface area contributed by atoms with Crippen LogP contribution in [-0.4, -0.2) is 55.3 Å². The van der Waals surface area contributed by atoms with Crippen LogP contribution < -0.4 is 10.6 Å². The zero-order valence-electron chi connectivity index (χ0n) is 17.4. The lowest BCUT2D eigenvalue weighted by Gasteiger charge is -2.40. The van der Waals surface area contributed by atoms with Crippen LogP contribution in [0.3, 0.4) is 0 Å². The molecule has 0 saturated carbocycles. The van der Waals surface area contributed by atoms with E-state index >= 15 is 0 Å². The maximum Gasteiger partial charge on any atom is 0.410 e. The SMILES string of the molecule is CCNC(=NCc1ccc(COC)cc1)NC1CN(C(=O)OC(C)(C)C)C1.I. The fourth-order valence-corrected chi connectivity index (χ4v) is 2.64. The number of amides is 1. The Labute approximate surface area is 185 Å². The standard InChI is InChI=1S/C20H32N4O3.HI/c1-6-21-18(22-11-15-7-9-16(10-8-15)14-26-5)23-17-12-24(13-17)19(25)27-20(2,3)4;/h7-10,17H,6,11-14H2,1-5H3,(H2,21,22,23);1H. The van der Waals surface area contributed by atoms with Crippen LogP contribution in [-0.2, 0) is 22.6 Å². The van der Waals surface area contributed by atoms with Crippen LogP contribution in [0.25, 0.3) is 0 Å². The Morgan fingerprint density at radius 1 is 1.21 bits per heavy atom. The van der Waals surface area contributed by atoms with Gasteiger partial charge in [-0.2, -0.15) is 0 Å². The second-order valence-corrected chi connectivity index (χ2v) is 7.67. The number of benzene rings is 1. The third-order valence-electron chi connectivity index (χ3n) is 3.97. The summed E-state index contributed by atoms with van der Waals surface area (Å²) in [5, 5.41) is 6.62. The van der Waals surface area contributed by atoms with Gasteiger partial charge in [-0.25, -0.2) is 9.79 Å². The molecular weight excluding hydrogens is 471 g/mol. The number of halogens is 1. The molecule has 158 valence electrons. The molecule has 1 aliphatic rings. The van der Waals surface area contributed by atoms with Gasteiger partial charge in [0.25, 0.3) is 0 Å². The van der Waals surface area contributed by atoms with Gasteiger partial charge < -0.3 is 25.0 Å². The summed E-state index contributed by atoms with van der Waals surface area (Å²) < 4.78 is 10.5. The lowest BCUT2D eigenvalue weighted by atomic mass is 10.1. The summed E-state index contributed by atoms with van der Waals surface area (Å²) >= 11 is 0. The molecule has 0 bridgehead atoms. The number of rotatable bonds is 6. The van der Waals surface area contributed by atoms with E-state index in [4.69, 9.17) is 9.47 Å². The molecule has 0 unspecified atom stereocenters. The lowest BCUT2D eigenvalue weighted by molar-refractivity contribution is 0.00701. The number of carbonyl (C=O) groups excluding carboxylic acids is 1. The summed E-state index contributed by atoms with van der Waals surface area (Å²) in [7, 11) is 1.69. The number of ether oxygens (including phenoxy) is 2. The number of nitrogens with one attached hydrogen (secondary N) is 2. The van der Waals surface area contributed by atoms with Gasteiger partial charge in [-0.05, 0) is 38.8 Å². The highest BCUT2D eigenvalue weighted by Crippen LogP contribution is 2.15. The first-order chi connectivity index (χ1) is 12.8. The first-order valence-corrected chi connectivity index (χ1v) is 9.40. The van der Waals surface area contributed by atoms with Gasteiger partial charge in [0.15, 0.2) is 5.96 Å². The zero-order valence-corrected chi connectivity index (χ0v) is 19.8. The molecule has 0 aliphatic carbocycles. The minimum Gasteiger partial charge on any atom is -0.444 e. The second-order valence-electron chi connectivity index (χ2n) is 7.67. The fraction of sp³-hybridized carbons (Fsp3) is 0.600. The topological polar surface area (TPSA) is 75.2 Å². The van der Waals surface area contributed by atoms with Gasteiger partial charge in [-0.1, -0.05) is 24.3 Å². The molecule has 7 nitrogen and oxygen atoms in total. The smallest absolute Gasteiger partial charge is 0.410 e. The minimum absolute atomic E-state index is 0. The van der Waals surface area contributed by atoms with E-state index in [0.29, 0.717) is 26.2 Å². The minimum atomic E-state index is -0.467. The average molecular weight is 504 g/mol. The third-order valence-corrected chi connectivity index (χ3v) is 3.97. The highest BCUT2D eigenvalue weighted by molar-refractivity contribution is 14.0. The Balaban J connectivity index is 0.00000392. The number of hydrogen-bond donors (Lipinski definition) is 2. The van der Waals surface area contributed by atoms with Gasteiger partial charge in [0.1, 0.15) is 5.60 Å². The van der Waals surface area contributed by atoms with E-state index in [9.17, 15) is 4.79 Å². The first-order valence-electron chi connectivity index (χ1n) is 9.40. The summed E-state index contributed by atoms with van der Waals surface area (Å²) in [6.07, 6.45) is -0.265. The van der Waals surface area contributed by atoms with Gasteiger partial charge in [0.2, 0.25) is 0 Å². The average Bonchev–Trinajstić information content (AvgIpc) is 2.55. The number of methoxy groups -OCH3 is 1. The molecule has 8 heteroatoms. The highest BCUT2D eigenvalue weighted by atomic mass is 127. The molecule has 1 aliphatic heterocycles. The Hall–Kier alpha value is -1.55. The van der Waals surface area contributed by atoms with Crippen molar-refractivity contribution < 1.29 is 14.3 Å². The molecule has 1 aromatic carbocycles. The van der Waals surface area contributed by atoms with Crippen LogP contribution >= 0.6 is 24.0 Å². The van der Waals surface area contributed by atoms with Gasteiger partial charge in [0.05, 0.1) is 19.2 Å². The molecule has 1 amide bonds. The summed E-state index contributed by atoms with van der Waals surface area (Å²) in [5.41, 5.74) is 1.81. The Morgan fingerprint density at radius 2 is 1.82 bits per heavy atom. The number of likely N-dealkylation sites (tertiary alicyclic amines) is 1. The van der Waals surface area contributed by atoms with Crippen molar-refractivity contribution in [2.45, 2.75) is 52.5 Å². The largest absolute Gasteiger partial charge is 0.444 e. The van der Waals surface area contributed by atoms with Crippen LogP contribution in [0.1, 0.15) is 38.8 Å². The van der Waals surface area contributed by atoms with E-state index in [2.05, 4.69) is 39.9 Å². The van der Waals surface area contributed by atoms with E-state index in [1.165, 1.54) is 0 Å². The number of hydrogen-bond acceptors (Lipinski definition) is 4. The van der Waals surface area contributed by atoms with Gasteiger partial charge in [-0.3, -0.25) is 0 Å². The van der Waals surface area contributed by atoms with Crippen LogP contribution in [0.15, 0.2) is 29.3 Å². The molecule has 2 rings (SSSR count). The highest BCUT2D eigenvalue weighted by Gasteiger charge is 2.34. The normalized spacial score (nSPS) is 14.8. The summed E-state index contributed by atoms with van der Waals surface area (Å²) in [6.45, 7) is 10.9. The molecule has 0 spiro atoms. The third kappa shape index (κ3) is 8.22. The number of aliphatic imine (C=N–C) groups is 1. The van der Waals surface area contributed by atoms with Crippen LogP contribution in [0.2, 0.25) is 0 Å². The van der Waals surface area contributed by atoms with Gasteiger partial charge in [0, 0.05) is 26.7 Å². The molecule has 0 atom stereocenters. The summed E-state index contributed by atoms with van der Waals surface area (Å²) in [5.74, 6) is 0.757. The Kier molecular flexibility index (Phi) is 10.0. The molecule has 1 saturated heterocycles. The van der Waals surface area contributed by atoms with E-state index in [1.54, 1.807) is 12.0 Å². The number of guanidine groups is 1. The van der Waals surface area contributed by atoms with Crippen molar-refractivity contribution in [2.75, 3.05) is 26.7 Å².